The van der Waals surface area contributed by atoms with Crippen LogP contribution in [0.2, 0.25) is 0 Å². The smallest absolute Gasteiger partial charge is 0.165 e. The van der Waals surface area contributed by atoms with Crippen LogP contribution in [0.3, 0.4) is 0 Å². The second kappa shape index (κ2) is 10.3. The monoisotopic (exact) mass is 353 g/mol. The fraction of sp³-hybridized carbons (Fsp3) is 0.368. The Balaban J connectivity index is 0.00000288. The van der Waals surface area contributed by atoms with Crippen molar-refractivity contribution in [1.82, 2.24) is 5.32 Å². The van der Waals surface area contributed by atoms with E-state index in [0.717, 1.165) is 6.42 Å². The topological polar surface area (TPSA) is 41.5 Å². The Morgan fingerprint density at radius 1 is 1.12 bits per heavy atom. The van der Waals surface area contributed by atoms with Gasteiger partial charge in [0.1, 0.15) is 12.7 Å². The summed E-state index contributed by atoms with van der Waals surface area (Å²) in [5, 5.41) is 13.2. The lowest BCUT2D eigenvalue weighted by atomic mass is 10.0. The number of hydrogen-bond acceptors (Lipinski definition) is 3. The van der Waals surface area contributed by atoms with Crippen LogP contribution >= 0.6 is 12.4 Å². The number of aliphatic hydroxyl groups is 1. The van der Waals surface area contributed by atoms with Crippen LogP contribution in [0.25, 0.3) is 0 Å². The second-order valence-corrected chi connectivity index (χ2v) is 5.62. The third kappa shape index (κ3) is 6.11. The molecule has 2 aromatic carbocycles. The van der Waals surface area contributed by atoms with Gasteiger partial charge in [0, 0.05) is 12.6 Å². The van der Waals surface area contributed by atoms with Gasteiger partial charge in [0.15, 0.2) is 11.6 Å². The molecule has 0 bridgehead atoms. The van der Waals surface area contributed by atoms with Gasteiger partial charge in [-0.1, -0.05) is 43.3 Å². The molecule has 0 amide bonds. The summed E-state index contributed by atoms with van der Waals surface area (Å²) >= 11 is 0. The van der Waals surface area contributed by atoms with Crippen molar-refractivity contribution in [3.05, 3.63) is 65.5 Å². The molecule has 2 rings (SSSR count). The molecule has 0 heterocycles. The summed E-state index contributed by atoms with van der Waals surface area (Å²) in [6.07, 6.45) is 0.320. The first-order chi connectivity index (χ1) is 11.1. The summed E-state index contributed by atoms with van der Waals surface area (Å²) in [6, 6.07) is 14.7. The summed E-state index contributed by atoms with van der Waals surface area (Å²) < 4.78 is 18.7. The minimum absolute atomic E-state index is 0. The third-order valence-corrected chi connectivity index (χ3v) is 3.82. The number of aliphatic hydroxyl groups excluding tert-OH is 1. The maximum absolute atomic E-state index is 13.4. The van der Waals surface area contributed by atoms with E-state index in [1.54, 1.807) is 18.2 Å². The van der Waals surface area contributed by atoms with E-state index in [1.807, 2.05) is 6.92 Å². The Morgan fingerprint density at radius 3 is 2.42 bits per heavy atom. The lowest BCUT2D eigenvalue weighted by molar-refractivity contribution is 0.102. The van der Waals surface area contributed by atoms with E-state index in [2.05, 4.69) is 36.5 Å². The van der Waals surface area contributed by atoms with Crippen LogP contribution in [0, 0.1) is 5.82 Å². The summed E-state index contributed by atoms with van der Waals surface area (Å²) in [7, 11) is 0. The highest BCUT2D eigenvalue weighted by Crippen LogP contribution is 2.16. The lowest BCUT2D eigenvalue weighted by Crippen LogP contribution is -2.33. The molecule has 0 saturated carbocycles. The fourth-order valence-electron chi connectivity index (χ4n) is 2.28. The predicted molar refractivity (Wildman–Crippen MR) is 97.4 cm³/mol. The molecule has 0 aliphatic heterocycles. The molecule has 0 aromatic heterocycles. The fourth-order valence-corrected chi connectivity index (χ4v) is 2.28. The lowest BCUT2D eigenvalue weighted by Gasteiger charge is -2.18. The molecule has 0 saturated heterocycles. The molecular weight excluding hydrogens is 329 g/mol. The molecule has 0 radical (unpaired) electrons. The molecule has 24 heavy (non-hydrogen) atoms. The van der Waals surface area contributed by atoms with Crippen LogP contribution in [-0.4, -0.2) is 24.4 Å². The number of nitrogens with one attached hydrogen (secondary N) is 1. The molecule has 3 nitrogen and oxygen atoms in total. The van der Waals surface area contributed by atoms with Gasteiger partial charge in [0.05, 0.1) is 0 Å². The van der Waals surface area contributed by atoms with Gasteiger partial charge >= 0.3 is 0 Å². The maximum Gasteiger partial charge on any atom is 0.165 e. The van der Waals surface area contributed by atoms with Crippen LogP contribution in [0.1, 0.15) is 31.0 Å². The summed E-state index contributed by atoms with van der Waals surface area (Å²) in [6.45, 7) is 4.61. The van der Waals surface area contributed by atoms with Crippen LogP contribution < -0.4 is 10.1 Å². The highest BCUT2D eigenvalue weighted by Gasteiger charge is 2.10. The van der Waals surface area contributed by atoms with Crippen LogP contribution in [0.4, 0.5) is 4.39 Å². The van der Waals surface area contributed by atoms with Gasteiger partial charge < -0.3 is 15.2 Å². The molecule has 2 N–H and O–H groups in total. The highest BCUT2D eigenvalue weighted by molar-refractivity contribution is 5.85. The van der Waals surface area contributed by atoms with Gasteiger partial charge in [-0.05, 0) is 36.6 Å². The number of aryl methyl sites for hydroxylation is 1. The van der Waals surface area contributed by atoms with Crippen LogP contribution in [0.15, 0.2) is 48.5 Å². The summed E-state index contributed by atoms with van der Waals surface area (Å²) in [5.41, 5.74) is 2.48. The van der Waals surface area contributed by atoms with Crippen molar-refractivity contribution >= 4 is 12.4 Å². The number of halogens is 2. The van der Waals surface area contributed by atoms with E-state index < -0.39 is 11.9 Å². The van der Waals surface area contributed by atoms with Crippen molar-refractivity contribution in [3.63, 3.8) is 0 Å². The van der Waals surface area contributed by atoms with Crippen molar-refractivity contribution in [1.29, 1.82) is 0 Å². The van der Waals surface area contributed by atoms with Crippen molar-refractivity contribution in [3.8, 4) is 5.75 Å². The van der Waals surface area contributed by atoms with Crippen LogP contribution in [0.5, 0.6) is 5.75 Å². The second-order valence-electron chi connectivity index (χ2n) is 5.62. The normalized spacial score (nSPS) is 13.0. The van der Waals surface area contributed by atoms with E-state index >= 15 is 0 Å². The van der Waals surface area contributed by atoms with Crippen LogP contribution in [-0.2, 0) is 6.42 Å². The minimum atomic E-state index is -0.702. The summed E-state index contributed by atoms with van der Waals surface area (Å²) in [5.74, 6) is -0.258. The number of benzene rings is 2. The number of rotatable bonds is 8. The Labute approximate surface area is 149 Å². The van der Waals surface area contributed by atoms with Gasteiger partial charge in [0.25, 0.3) is 0 Å². The van der Waals surface area contributed by atoms with Crippen molar-refractivity contribution in [2.24, 2.45) is 0 Å². The molecule has 5 heteroatoms. The van der Waals surface area contributed by atoms with E-state index in [9.17, 15) is 9.50 Å². The molecule has 2 unspecified atom stereocenters. The quantitative estimate of drug-likeness (QED) is 0.756. The standard InChI is InChI=1S/C19H24FNO2.ClH/c1-3-15-8-10-16(11-9-15)14(2)21-12-17(22)13-23-19-7-5-4-6-18(19)20;/h4-11,14,17,21-22H,3,12-13H2,1-2H3;1H. The van der Waals surface area contributed by atoms with E-state index in [0.29, 0.717) is 6.54 Å². The Bertz CT molecular complexity index is 607. The Morgan fingerprint density at radius 2 is 1.79 bits per heavy atom. The zero-order valence-electron chi connectivity index (χ0n) is 14.0. The first-order valence-corrected chi connectivity index (χ1v) is 7.97. The number of para-hydroxylation sites is 1. The molecule has 132 valence electrons. The van der Waals surface area contributed by atoms with Crippen molar-refractivity contribution in [2.45, 2.75) is 32.4 Å². The molecule has 0 aliphatic carbocycles. The minimum Gasteiger partial charge on any atom is -0.488 e. The average molecular weight is 354 g/mol. The van der Waals surface area contributed by atoms with Gasteiger partial charge in [-0.25, -0.2) is 4.39 Å². The molecule has 2 atom stereocenters. The van der Waals surface area contributed by atoms with E-state index in [4.69, 9.17) is 4.74 Å². The average Bonchev–Trinajstić information content (AvgIpc) is 2.59. The third-order valence-electron chi connectivity index (χ3n) is 3.82. The SMILES string of the molecule is CCc1ccc(C(C)NCC(O)COc2ccccc2F)cc1.Cl. The first kappa shape index (κ1) is 20.4. The maximum atomic E-state index is 13.4. The van der Waals surface area contributed by atoms with Gasteiger partial charge in [-0.3, -0.25) is 0 Å². The molecule has 0 spiro atoms. The Hall–Kier alpha value is -1.62. The van der Waals surface area contributed by atoms with E-state index in [-0.39, 0.29) is 30.8 Å². The zero-order chi connectivity index (χ0) is 16.7. The molecule has 0 fully saturated rings. The van der Waals surface area contributed by atoms with Gasteiger partial charge in [0.2, 0.25) is 0 Å². The molecule has 2 aromatic rings. The van der Waals surface area contributed by atoms with Gasteiger partial charge in [-0.2, -0.15) is 0 Å². The zero-order valence-corrected chi connectivity index (χ0v) is 14.9. The number of ether oxygens (including phenoxy) is 1. The Kier molecular flexibility index (Phi) is 8.76. The number of hydrogen-bond donors (Lipinski definition) is 2. The van der Waals surface area contributed by atoms with E-state index in [1.165, 1.54) is 17.2 Å². The van der Waals surface area contributed by atoms with Crippen molar-refractivity contribution in [2.75, 3.05) is 13.2 Å². The summed E-state index contributed by atoms with van der Waals surface area (Å²) in [4.78, 5) is 0. The van der Waals surface area contributed by atoms with Gasteiger partial charge in [-0.15, -0.1) is 12.4 Å². The molecular formula is C19H25ClFNO2. The molecule has 0 aliphatic rings. The van der Waals surface area contributed by atoms with Crippen molar-refractivity contribution < 1.29 is 14.2 Å². The predicted octanol–water partition coefficient (Wildman–Crippen LogP) is 3.90. The largest absolute Gasteiger partial charge is 0.488 e. The first-order valence-electron chi connectivity index (χ1n) is 7.97. The highest BCUT2D eigenvalue weighted by atomic mass is 35.5.